The molecule has 1 N–H and O–H groups in total. The standard InChI is InChI=1S/C21H19N3O4/c1-27-18-10-9-17(24(25)26)19-15-3-2-4-16(15)20(23-21(18)19)13-5-7-14(8-6-13)28-12-11-22/h2-3,5-10,15-16,20,23H,4,12H2,1H3/t15-,16-,20-/m1/s1. The highest BCUT2D eigenvalue weighted by Gasteiger charge is 2.42. The molecule has 0 aromatic heterocycles. The van der Waals surface area contributed by atoms with E-state index in [0.29, 0.717) is 22.7 Å². The Bertz CT molecular complexity index is 978. The van der Waals surface area contributed by atoms with Gasteiger partial charge in [-0.1, -0.05) is 24.3 Å². The van der Waals surface area contributed by atoms with Crippen LogP contribution in [0.4, 0.5) is 11.4 Å². The molecule has 7 nitrogen and oxygen atoms in total. The summed E-state index contributed by atoms with van der Waals surface area (Å²) in [5, 5.41) is 23.8. The predicted molar refractivity (Wildman–Crippen MR) is 104 cm³/mol. The van der Waals surface area contributed by atoms with Crippen molar-refractivity contribution in [1.29, 1.82) is 5.26 Å². The number of rotatable bonds is 5. The summed E-state index contributed by atoms with van der Waals surface area (Å²) >= 11 is 0. The fraction of sp³-hybridized carbons (Fsp3) is 0.286. The van der Waals surface area contributed by atoms with E-state index in [1.54, 1.807) is 13.2 Å². The van der Waals surface area contributed by atoms with E-state index < -0.39 is 0 Å². The van der Waals surface area contributed by atoms with Crippen molar-refractivity contribution in [2.75, 3.05) is 19.0 Å². The van der Waals surface area contributed by atoms with Gasteiger partial charge in [0.2, 0.25) is 0 Å². The lowest BCUT2D eigenvalue weighted by molar-refractivity contribution is -0.385. The highest BCUT2D eigenvalue weighted by molar-refractivity contribution is 5.73. The van der Waals surface area contributed by atoms with Crippen molar-refractivity contribution in [2.45, 2.75) is 18.4 Å². The molecule has 0 spiro atoms. The summed E-state index contributed by atoms with van der Waals surface area (Å²) in [6, 6.07) is 12.7. The van der Waals surface area contributed by atoms with E-state index in [0.717, 1.165) is 12.0 Å². The van der Waals surface area contributed by atoms with E-state index in [4.69, 9.17) is 14.7 Å². The number of nitro groups is 1. The molecule has 0 radical (unpaired) electrons. The number of ether oxygens (including phenoxy) is 2. The summed E-state index contributed by atoms with van der Waals surface area (Å²) in [4.78, 5) is 11.3. The van der Waals surface area contributed by atoms with Crippen LogP contribution in [-0.2, 0) is 0 Å². The highest BCUT2D eigenvalue weighted by Crippen LogP contribution is 2.54. The Morgan fingerprint density at radius 2 is 2.07 bits per heavy atom. The van der Waals surface area contributed by atoms with Crippen molar-refractivity contribution < 1.29 is 14.4 Å². The van der Waals surface area contributed by atoms with Gasteiger partial charge in [-0.2, -0.15) is 5.26 Å². The average Bonchev–Trinajstić information content (AvgIpc) is 3.21. The van der Waals surface area contributed by atoms with Crippen molar-refractivity contribution in [1.82, 2.24) is 0 Å². The smallest absolute Gasteiger partial charge is 0.275 e. The molecule has 3 atom stereocenters. The van der Waals surface area contributed by atoms with Crippen LogP contribution < -0.4 is 14.8 Å². The number of fused-ring (bicyclic) bond motifs is 3. The lowest BCUT2D eigenvalue weighted by Gasteiger charge is -2.37. The molecule has 142 valence electrons. The molecule has 28 heavy (non-hydrogen) atoms. The summed E-state index contributed by atoms with van der Waals surface area (Å²) in [5.41, 5.74) is 2.54. The third-order valence-corrected chi connectivity index (χ3v) is 5.42. The van der Waals surface area contributed by atoms with Gasteiger partial charge >= 0.3 is 0 Å². The van der Waals surface area contributed by atoms with Crippen LogP contribution in [0.2, 0.25) is 0 Å². The first kappa shape index (κ1) is 17.9. The zero-order valence-electron chi connectivity index (χ0n) is 15.3. The number of methoxy groups -OCH3 is 1. The molecule has 1 aliphatic heterocycles. The zero-order chi connectivity index (χ0) is 19.7. The van der Waals surface area contributed by atoms with Gasteiger partial charge in [0, 0.05) is 12.0 Å². The van der Waals surface area contributed by atoms with Crippen molar-refractivity contribution in [2.24, 2.45) is 5.92 Å². The molecular formula is C21H19N3O4. The molecule has 0 fully saturated rings. The quantitative estimate of drug-likeness (QED) is 0.473. The van der Waals surface area contributed by atoms with Gasteiger partial charge in [-0.3, -0.25) is 10.1 Å². The van der Waals surface area contributed by atoms with Crippen LogP contribution in [0.5, 0.6) is 11.5 Å². The largest absolute Gasteiger partial charge is 0.495 e. The minimum Gasteiger partial charge on any atom is -0.495 e. The van der Waals surface area contributed by atoms with Gasteiger partial charge in [0.25, 0.3) is 5.69 Å². The first-order chi connectivity index (χ1) is 13.6. The maximum absolute atomic E-state index is 11.6. The van der Waals surface area contributed by atoms with Crippen LogP contribution in [0.1, 0.15) is 29.5 Å². The van der Waals surface area contributed by atoms with E-state index >= 15 is 0 Å². The molecule has 1 aliphatic carbocycles. The molecule has 0 saturated carbocycles. The molecule has 4 rings (SSSR count). The molecule has 2 aromatic carbocycles. The monoisotopic (exact) mass is 377 g/mol. The van der Waals surface area contributed by atoms with E-state index in [9.17, 15) is 10.1 Å². The lowest BCUT2D eigenvalue weighted by atomic mass is 9.76. The van der Waals surface area contributed by atoms with Gasteiger partial charge in [0.05, 0.1) is 29.3 Å². The molecule has 0 amide bonds. The number of hydrogen-bond acceptors (Lipinski definition) is 6. The zero-order valence-corrected chi connectivity index (χ0v) is 15.3. The van der Waals surface area contributed by atoms with Gasteiger partial charge < -0.3 is 14.8 Å². The summed E-state index contributed by atoms with van der Waals surface area (Å²) < 4.78 is 10.8. The molecule has 2 aliphatic rings. The van der Waals surface area contributed by atoms with Crippen LogP contribution in [0.25, 0.3) is 0 Å². The van der Waals surface area contributed by atoms with Crippen LogP contribution in [0.15, 0.2) is 48.6 Å². The lowest BCUT2D eigenvalue weighted by Crippen LogP contribution is -2.30. The van der Waals surface area contributed by atoms with Crippen LogP contribution in [0, 0.1) is 27.4 Å². The topological polar surface area (TPSA) is 97.4 Å². The predicted octanol–water partition coefficient (Wildman–Crippen LogP) is 4.33. The Balaban J connectivity index is 1.75. The fourth-order valence-electron chi connectivity index (χ4n) is 4.21. The minimum atomic E-state index is -0.329. The van der Waals surface area contributed by atoms with E-state index in [2.05, 4.69) is 17.5 Å². The number of benzene rings is 2. The average molecular weight is 377 g/mol. The van der Waals surface area contributed by atoms with Crippen LogP contribution in [-0.4, -0.2) is 18.6 Å². The summed E-state index contributed by atoms with van der Waals surface area (Å²) in [6.45, 7) is 0.00386. The second kappa shape index (κ2) is 7.24. The Morgan fingerprint density at radius 3 is 2.75 bits per heavy atom. The highest BCUT2D eigenvalue weighted by atomic mass is 16.6. The van der Waals surface area contributed by atoms with E-state index in [1.807, 2.05) is 30.3 Å². The number of nitrogens with zero attached hydrogens (tertiary/aromatic N) is 2. The first-order valence-electron chi connectivity index (χ1n) is 9.02. The normalized spacial score (nSPS) is 21.8. The number of allylic oxidation sites excluding steroid dienone is 2. The fourth-order valence-corrected chi connectivity index (χ4v) is 4.21. The molecule has 2 aromatic rings. The third kappa shape index (κ3) is 2.93. The van der Waals surface area contributed by atoms with Crippen molar-refractivity contribution in [3.8, 4) is 17.6 Å². The molecule has 0 saturated heterocycles. The maximum atomic E-state index is 11.6. The Labute approximate surface area is 162 Å². The summed E-state index contributed by atoms with van der Waals surface area (Å²) in [7, 11) is 1.57. The van der Waals surface area contributed by atoms with Crippen molar-refractivity contribution >= 4 is 11.4 Å². The van der Waals surface area contributed by atoms with Gasteiger partial charge in [0.15, 0.2) is 6.61 Å². The van der Waals surface area contributed by atoms with Crippen LogP contribution in [0.3, 0.4) is 0 Å². The van der Waals surface area contributed by atoms with Gasteiger partial charge in [-0.25, -0.2) is 0 Å². The molecule has 7 heteroatoms. The van der Waals surface area contributed by atoms with Crippen molar-refractivity contribution in [3.05, 3.63) is 69.8 Å². The van der Waals surface area contributed by atoms with Crippen LogP contribution >= 0.6 is 0 Å². The summed E-state index contributed by atoms with van der Waals surface area (Å²) in [6.07, 6.45) is 4.99. The van der Waals surface area contributed by atoms with Gasteiger partial charge in [-0.15, -0.1) is 0 Å². The Hall–Kier alpha value is -3.53. The number of nitro benzene ring substituents is 1. The van der Waals surface area contributed by atoms with Crippen molar-refractivity contribution in [3.63, 3.8) is 0 Å². The second-order valence-electron chi connectivity index (χ2n) is 6.82. The number of nitriles is 1. The van der Waals surface area contributed by atoms with Gasteiger partial charge in [-0.05, 0) is 36.1 Å². The minimum absolute atomic E-state index is 0.00386. The van der Waals surface area contributed by atoms with E-state index in [1.165, 1.54) is 6.07 Å². The number of anilines is 1. The molecule has 0 bridgehead atoms. The Morgan fingerprint density at radius 1 is 1.29 bits per heavy atom. The molecule has 0 unspecified atom stereocenters. The Kier molecular flexibility index (Phi) is 4.62. The molecule has 1 heterocycles. The summed E-state index contributed by atoms with van der Waals surface area (Å²) in [5.74, 6) is 1.35. The number of nitrogens with one attached hydrogen (secondary N) is 1. The van der Waals surface area contributed by atoms with E-state index in [-0.39, 0.29) is 35.1 Å². The van der Waals surface area contributed by atoms with Gasteiger partial charge in [0.1, 0.15) is 17.6 Å². The SMILES string of the molecule is COc1ccc([N+](=O)[O-])c2c1N[C@H](c1ccc(OCC#N)cc1)[C@@H]1CC=C[C@@H]21. The third-order valence-electron chi connectivity index (χ3n) is 5.42. The first-order valence-corrected chi connectivity index (χ1v) is 9.02. The molecular weight excluding hydrogens is 358 g/mol. The number of hydrogen-bond donors (Lipinski definition) is 1. The second-order valence-corrected chi connectivity index (χ2v) is 6.82. The maximum Gasteiger partial charge on any atom is 0.275 e.